The first kappa shape index (κ1) is 16.5. The fourth-order valence-corrected chi connectivity index (χ4v) is 4.03. The number of rotatable bonds is 4. The van der Waals surface area contributed by atoms with Crippen molar-refractivity contribution in [2.45, 2.75) is 70.2 Å². The Labute approximate surface area is 120 Å². The standard InChI is InChI=1S/C14H26NO3Se/c1-14(2,3)11(12(16)19(4)5)15-13(17)18-10-8-6-7-9-10/h10-11H,6-9H2,1-5H3,(H,15,17)/t11-/m1/s1. The molecule has 4 nitrogen and oxygen atoms in total. The zero-order valence-corrected chi connectivity index (χ0v) is 14.3. The summed E-state index contributed by atoms with van der Waals surface area (Å²) in [5.74, 6) is 3.95. The second-order valence-electron chi connectivity index (χ2n) is 6.39. The van der Waals surface area contributed by atoms with Gasteiger partial charge in [0.05, 0.1) is 0 Å². The molecule has 0 spiro atoms. The van der Waals surface area contributed by atoms with Gasteiger partial charge in [-0.25, -0.2) is 0 Å². The van der Waals surface area contributed by atoms with Crippen molar-refractivity contribution >= 4 is 24.7 Å². The van der Waals surface area contributed by atoms with Crippen molar-refractivity contribution in [1.82, 2.24) is 5.32 Å². The van der Waals surface area contributed by atoms with Crippen molar-refractivity contribution in [3.63, 3.8) is 0 Å². The van der Waals surface area contributed by atoms with Crippen LogP contribution in [0.25, 0.3) is 0 Å². The molecule has 5 heteroatoms. The molecule has 1 fully saturated rings. The zero-order valence-electron chi connectivity index (χ0n) is 12.6. The summed E-state index contributed by atoms with van der Waals surface area (Å²) in [6.07, 6.45) is 3.73. The fraction of sp³-hybridized carbons (Fsp3) is 0.857. The third kappa shape index (κ3) is 5.15. The SMILES string of the molecule is C[Se](C)C(=O)[C@@H](NC(=O)OC1CCCC1)C(C)(C)C. The first-order valence-corrected chi connectivity index (χ1v) is 11.1. The van der Waals surface area contributed by atoms with Crippen molar-refractivity contribution in [1.29, 1.82) is 0 Å². The van der Waals surface area contributed by atoms with E-state index in [2.05, 4.69) is 5.32 Å². The normalized spacial score (nSPS) is 18.4. The second kappa shape index (κ2) is 6.76. The summed E-state index contributed by atoms with van der Waals surface area (Å²) in [5, 5.41) is 2.79. The summed E-state index contributed by atoms with van der Waals surface area (Å²) in [6.45, 7) is 5.92. The Hall–Kier alpha value is -0.541. The molecule has 0 aromatic heterocycles. The number of hydrogen-bond acceptors (Lipinski definition) is 3. The van der Waals surface area contributed by atoms with Crippen molar-refractivity contribution < 1.29 is 14.3 Å². The average Bonchev–Trinajstić information content (AvgIpc) is 2.75. The van der Waals surface area contributed by atoms with Crippen molar-refractivity contribution in [3.05, 3.63) is 0 Å². The summed E-state index contributed by atoms with van der Waals surface area (Å²) >= 11 is -1.30. The molecule has 0 aliphatic heterocycles. The van der Waals surface area contributed by atoms with E-state index < -0.39 is 26.0 Å². The Balaban J connectivity index is 2.61. The topological polar surface area (TPSA) is 55.4 Å². The van der Waals surface area contributed by atoms with E-state index in [1.54, 1.807) is 0 Å². The van der Waals surface area contributed by atoms with E-state index in [4.69, 9.17) is 4.74 Å². The van der Waals surface area contributed by atoms with Crippen LogP contribution in [0.4, 0.5) is 4.79 Å². The molecular weight excluding hydrogens is 309 g/mol. The minimum atomic E-state index is -1.30. The van der Waals surface area contributed by atoms with Gasteiger partial charge >= 0.3 is 120 Å². The average molecular weight is 335 g/mol. The molecule has 1 radical (unpaired) electrons. The number of amides is 1. The van der Waals surface area contributed by atoms with Crippen LogP contribution in [0, 0.1) is 5.41 Å². The van der Waals surface area contributed by atoms with Gasteiger partial charge in [0.15, 0.2) is 0 Å². The number of carbonyl (C=O) groups excluding carboxylic acids is 2. The van der Waals surface area contributed by atoms with Crippen LogP contribution in [-0.2, 0) is 9.53 Å². The van der Waals surface area contributed by atoms with E-state index in [1.165, 1.54) is 0 Å². The number of ether oxygens (including phenoxy) is 1. The Morgan fingerprint density at radius 1 is 1.21 bits per heavy atom. The summed E-state index contributed by atoms with van der Waals surface area (Å²) < 4.78 is 5.56. The molecule has 1 N–H and O–H groups in total. The molecule has 0 aromatic rings. The first-order valence-electron chi connectivity index (χ1n) is 6.80. The maximum atomic E-state index is 12.2. The molecule has 19 heavy (non-hydrogen) atoms. The van der Waals surface area contributed by atoms with Crippen LogP contribution < -0.4 is 5.32 Å². The van der Waals surface area contributed by atoms with Gasteiger partial charge in [-0.15, -0.1) is 0 Å². The Kier molecular flexibility index (Phi) is 5.87. The summed E-state index contributed by atoms with van der Waals surface area (Å²) in [5.41, 5.74) is -0.278. The third-order valence-electron chi connectivity index (χ3n) is 3.34. The van der Waals surface area contributed by atoms with Crippen molar-refractivity contribution in [2.24, 2.45) is 5.41 Å². The zero-order chi connectivity index (χ0) is 14.6. The maximum absolute atomic E-state index is 12.2. The molecule has 1 saturated carbocycles. The molecule has 1 atom stereocenters. The van der Waals surface area contributed by atoms with Crippen LogP contribution in [0.2, 0.25) is 11.6 Å². The molecule has 1 aliphatic carbocycles. The molecule has 1 amide bonds. The van der Waals surface area contributed by atoms with Gasteiger partial charge in [-0.05, 0) is 0 Å². The van der Waals surface area contributed by atoms with E-state index in [1.807, 2.05) is 32.4 Å². The number of hydrogen-bond donors (Lipinski definition) is 1. The van der Waals surface area contributed by atoms with Crippen LogP contribution >= 0.6 is 0 Å². The molecule has 0 heterocycles. The van der Waals surface area contributed by atoms with E-state index in [0.29, 0.717) is 0 Å². The predicted octanol–water partition coefficient (Wildman–Crippen LogP) is 2.93. The second-order valence-corrected chi connectivity index (χ2v) is 10.7. The van der Waals surface area contributed by atoms with Gasteiger partial charge in [-0.1, -0.05) is 0 Å². The summed E-state index contributed by atoms with van der Waals surface area (Å²) in [6, 6.07) is -0.443. The molecule has 1 aliphatic rings. The summed E-state index contributed by atoms with van der Waals surface area (Å²) in [7, 11) is 0. The van der Waals surface area contributed by atoms with Crippen LogP contribution in [-0.4, -0.2) is 36.8 Å². The van der Waals surface area contributed by atoms with Crippen LogP contribution in [0.15, 0.2) is 0 Å². The van der Waals surface area contributed by atoms with E-state index in [9.17, 15) is 9.59 Å². The van der Waals surface area contributed by atoms with Gasteiger partial charge in [0.2, 0.25) is 0 Å². The molecule has 1 rings (SSSR count). The van der Waals surface area contributed by atoms with Crippen LogP contribution in [0.5, 0.6) is 0 Å². The van der Waals surface area contributed by atoms with Gasteiger partial charge < -0.3 is 0 Å². The summed E-state index contributed by atoms with van der Waals surface area (Å²) in [4.78, 5) is 24.2. The van der Waals surface area contributed by atoms with E-state index >= 15 is 0 Å². The predicted molar refractivity (Wildman–Crippen MR) is 77.6 cm³/mol. The van der Waals surface area contributed by atoms with E-state index in [0.717, 1.165) is 25.7 Å². The van der Waals surface area contributed by atoms with E-state index in [-0.39, 0.29) is 16.2 Å². The molecule has 0 aromatic carbocycles. The van der Waals surface area contributed by atoms with Gasteiger partial charge in [-0.3, -0.25) is 0 Å². The quantitative estimate of drug-likeness (QED) is 0.804. The molecule has 111 valence electrons. The van der Waals surface area contributed by atoms with Gasteiger partial charge in [0, 0.05) is 0 Å². The van der Waals surface area contributed by atoms with Crippen LogP contribution in [0.1, 0.15) is 46.5 Å². The Bertz CT molecular complexity index is 330. The number of carbonyl (C=O) groups is 2. The van der Waals surface area contributed by atoms with Crippen molar-refractivity contribution in [2.75, 3.05) is 0 Å². The molecule has 0 bridgehead atoms. The van der Waals surface area contributed by atoms with Crippen LogP contribution in [0.3, 0.4) is 0 Å². The van der Waals surface area contributed by atoms with Gasteiger partial charge in [-0.2, -0.15) is 0 Å². The molecular formula is C14H26NO3Se. The number of nitrogens with one attached hydrogen (secondary N) is 1. The van der Waals surface area contributed by atoms with Crippen molar-refractivity contribution in [3.8, 4) is 0 Å². The fourth-order valence-electron chi connectivity index (χ4n) is 2.17. The monoisotopic (exact) mass is 336 g/mol. The third-order valence-corrected chi connectivity index (χ3v) is 5.53. The number of alkyl carbamates (subject to hydrolysis) is 1. The minimum absolute atomic E-state index is 0.0331. The van der Waals surface area contributed by atoms with Gasteiger partial charge in [0.25, 0.3) is 0 Å². The molecule has 0 saturated heterocycles. The molecule has 0 unspecified atom stereocenters. The first-order chi connectivity index (χ1) is 8.71. The van der Waals surface area contributed by atoms with Gasteiger partial charge in [0.1, 0.15) is 0 Å². The Morgan fingerprint density at radius 3 is 2.16 bits per heavy atom. The Morgan fingerprint density at radius 2 is 1.74 bits per heavy atom.